The van der Waals surface area contributed by atoms with Crippen molar-refractivity contribution in [2.45, 2.75) is 25.8 Å². The molecule has 1 aliphatic heterocycles. The Balaban J connectivity index is 1.49. The molecule has 1 aliphatic rings. The first kappa shape index (κ1) is 29.3. The third-order valence-electron chi connectivity index (χ3n) is 6.97. The van der Waals surface area contributed by atoms with E-state index < -0.39 is 28.7 Å². The maximum Gasteiger partial charge on any atom is 0.328 e. The highest BCUT2D eigenvalue weighted by Crippen LogP contribution is 2.31. The molecule has 11 heteroatoms. The molecule has 0 aliphatic carbocycles. The van der Waals surface area contributed by atoms with Crippen LogP contribution in [0.5, 0.6) is 0 Å². The van der Waals surface area contributed by atoms with Gasteiger partial charge in [0, 0.05) is 32.3 Å². The minimum Gasteiger partial charge on any atom is -0.478 e. The van der Waals surface area contributed by atoms with E-state index in [-0.39, 0.29) is 38.1 Å². The Hall–Kier alpha value is -3.28. The standard InChI is InChI=1S/C27H36N4O6S/c1-20(23-10-5-8-22-7-3-4-9-24(22)23)30-15-12-21(13-16-30)17-31(38(36)37)19-26(33)29(2)18-25(32)28-14-6-11-27(34)35/h3-11,20-21,38H,12-19H2,1-2H3,(H,28,32)(H,34,35)/b11-6+. The Morgan fingerprint density at radius 3 is 2.47 bits per heavy atom. The van der Waals surface area contributed by atoms with Gasteiger partial charge in [0.15, 0.2) is 0 Å². The third-order valence-corrected chi connectivity index (χ3v) is 7.74. The predicted octanol–water partition coefficient (Wildman–Crippen LogP) is 1.66. The number of nitrogens with zero attached hydrogens (tertiary/aromatic N) is 3. The van der Waals surface area contributed by atoms with Crippen LogP contribution in [0, 0.1) is 5.92 Å². The molecule has 0 saturated carbocycles. The summed E-state index contributed by atoms with van der Waals surface area (Å²) in [6.07, 6.45) is 3.84. The molecule has 2 N–H and O–H groups in total. The van der Waals surface area contributed by atoms with Crippen LogP contribution in [0.2, 0.25) is 0 Å². The molecule has 1 fully saturated rings. The van der Waals surface area contributed by atoms with Crippen molar-refractivity contribution < 1.29 is 27.9 Å². The van der Waals surface area contributed by atoms with Crippen molar-refractivity contribution in [3.63, 3.8) is 0 Å². The highest BCUT2D eigenvalue weighted by atomic mass is 32.2. The highest BCUT2D eigenvalue weighted by Gasteiger charge is 2.27. The van der Waals surface area contributed by atoms with Gasteiger partial charge in [0.1, 0.15) is 0 Å². The Morgan fingerprint density at radius 1 is 1.11 bits per heavy atom. The summed E-state index contributed by atoms with van der Waals surface area (Å²) in [5.74, 6) is -1.94. The maximum absolute atomic E-state index is 12.6. The fourth-order valence-corrected chi connectivity index (χ4v) is 5.39. The molecule has 1 atom stereocenters. The lowest BCUT2D eigenvalue weighted by Gasteiger charge is -2.37. The molecule has 2 aromatic carbocycles. The van der Waals surface area contributed by atoms with Crippen molar-refractivity contribution in [2.24, 2.45) is 5.92 Å². The Morgan fingerprint density at radius 2 is 1.79 bits per heavy atom. The molecule has 0 aromatic heterocycles. The van der Waals surface area contributed by atoms with Crippen LogP contribution in [0.15, 0.2) is 54.6 Å². The van der Waals surface area contributed by atoms with Crippen molar-refractivity contribution in [3.05, 3.63) is 60.2 Å². The second kappa shape index (κ2) is 14.0. The number of likely N-dealkylation sites (tertiary alicyclic amines) is 1. The quantitative estimate of drug-likeness (QED) is 0.274. The van der Waals surface area contributed by atoms with Crippen molar-refractivity contribution in [2.75, 3.05) is 46.3 Å². The van der Waals surface area contributed by atoms with E-state index in [1.54, 1.807) is 0 Å². The lowest BCUT2D eigenvalue weighted by molar-refractivity contribution is -0.134. The van der Waals surface area contributed by atoms with E-state index in [1.807, 2.05) is 6.07 Å². The smallest absolute Gasteiger partial charge is 0.328 e. The van der Waals surface area contributed by atoms with E-state index in [9.17, 15) is 22.8 Å². The maximum atomic E-state index is 12.6. The first-order chi connectivity index (χ1) is 18.2. The first-order valence-electron chi connectivity index (χ1n) is 12.7. The average Bonchev–Trinajstić information content (AvgIpc) is 2.90. The van der Waals surface area contributed by atoms with Gasteiger partial charge in [-0.15, -0.1) is 0 Å². The van der Waals surface area contributed by atoms with Crippen molar-refractivity contribution >= 4 is 39.4 Å². The summed E-state index contributed by atoms with van der Waals surface area (Å²) in [5, 5.41) is 13.5. The summed E-state index contributed by atoms with van der Waals surface area (Å²) in [5.41, 5.74) is 1.28. The van der Waals surface area contributed by atoms with Crippen LogP contribution >= 0.6 is 0 Å². The number of carboxylic acids is 1. The van der Waals surface area contributed by atoms with Gasteiger partial charge in [-0.1, -0.05) is 48.5 Å². The van der Waals surface area contributed by atoms with Gasteiger partial charge in [0.2, 0.25) is 22.7 Å². The van der Waals surface area contributed by atoms with Crippen LogP contribution < -0.4 is 5.32 Å². The molecule has 2 aromatic rings. The molecule has 1 saturated heterocycles. The second-order valence-corrected chi connectivity index (χ2v) is 10.6. The van der Waals surface area contributed by atoms with Gasteiger partial charge < -0.3 is 15.3 Å². The number of carboxylic acid groups (broad SMARTS) is 1. The summed E-state index contributed by atoms with van der Waals surface area (Å²) >= 11 is 0. The molecule has 0 radical (unpaired) electrons. The number of benzene rings is 2. The molecule has 0 spiro atoms. The molecule has 1 unspecified atom stereocenters. The molecule has 2 amide bonds. The SMILES string of the molecule is CC(c1cccc2ccccc12)N1CCC(CN(CC(=O)N(C)CC(=O)NC/C=C/C(=O)O)[SH](=O)=O)CC1. The van der Waals surface area contributed by atoms with Gasteiger partial charge >= 0.3 is 5.97 Å². The number of piperidine rings is 1. The van der Waals surface area contributed by atoms with Crippen LogP contribution in [0.25, 0.3) is 10.8 Å². The lowest BCUT2D eigenvalue weighted by Crippen LogP contribution is -2.45. The van der Waals surface area contributed by atoms with Crippen LogP contribution in [0.4, 0.5) is 0 Å². The number of hydrogen-bond acceptors (Lipinski definition) is 6. The number of fused-ring (bicyclic) bond motifs is 1. The van der Waals surface area contributed by atoms with Crippen LogP contribution in [0.3, 0.4) is 0 Å². The van der Waals surface area contributed by atoms with Crippen LogP contribution in [0.1, 0.15) is 31.4 Å². The summed E-state index contributed by atoms with van der Waals surface area (Å²) < 4.78 is 25.0. The number of amides is 2. The Labute approximate surface area is 225 Å². The van der Waals surface area contributed by atoms with Gasteiger partial charge in [-0.3, -0.25) is 14.5 Å². The normalized spacial score (nSPS) is 15.8. The van der Waals surface area contributed by atoms with Gasteiger partial charge in [0.05, 0.1) is 13.1 Å². The number of carbonyl (C=O) groups is 3. The van der Waals surface area contributed by atoms with Gasteiger partial charge in [-0.25, -0.2) is 13.2 Å². The molecule has 1 heterocycles. The molecular formula is C27H36N4O6S. The number of thiol groups is 1. The van der Waals surface area contributed by atoms with E-state index >= 15 is 0 Å². The summed E-state index contributed by atoms with van der Waals surface area (Å²) in [6, 6.07) is 14.9. The van der Waals surface area contributed by atoms with E-state index in [1.165, 1.54) is 29.5 Å². The minimum absolute atomic E-state index is 0.0174. The molecule has 10 nitrogen and oxygen atoms in total. The van der Waals surface area contributed by atoms with E-state index in [0.29, 0.717) is 0 Å². The molecular weight excluding hydrogens is 508 g/mol. The molecule has 0 bridgehead atoms. The molecule has 3 rings (SSSR count). The largest absolute Gasteiger partial charge is 0.478 e. The van der Waals surface area contributed by atoms with E-state index in [0.717, 1.165) is 41.2 Å². The third kappa shape index (κ3) is 8.37. The summed E-state index contributed by atoms with van der Waals surface area (Å²) in [4.78, 5) is 38.6. The van der Waals surface area contributed by atoms with E-state index in [2.05, 4.69) is 53.5 Å². The van der Waals surface area contributed by atoms with Crippen molar-refractivity contribution in [1.82, 2.24) is 19.4 Å². The molecule has 38 heavy (non-hydrogen) atoms. The van der Waals surface area contributed by atoms with E-state index in [4.69, 9.17) is 5.11 Å². The number of carbonyl (C=O) groups excluding carboxylic acids is 2. The summed E-state index contributed by atoms with van der Waals surface area (Å²) in [7, 11) is -1.53. The highest BCUT2D eigenvalue weighted by molar-refractivity contribution is 7.69. The van der Waals surface area contributed by atoms with Crippen LogP contribution in [-0.2, 0) is 25.3 Å². The van der Waals surface area contributed by atoms with Crippen molar-refractivity contribution in [1.29, 1.82) is 0 Å². The average molecular weight is 545 g/mol. The number of aliphatic carboxylic acids is 1. The van der Waals surface area contributed by atoms with Gasteiger partial charge in [-0.2, -0.15) is 4.31 Å². The molecule has 206 valence electrons. The number of likely N-dealkylation sites (N-methyl/N-ethyl adjacent to an activating group) is 1. The van der Waals surface area contributed by atoms with Gasteiger partial charge in [0.25, 0.3) is 0 Å². The Bertz CT molecular complexity index is 1230. The lowest BCUT2D eigenvalue weighted by atomic mass is 9.93. The zero-order valence-electron chi connectivity index (χ0n) is 21.8. The van der Waals surface area contributed by atoms with Gasteiger partial charge in [-0.05, 0) is 55.1 Å². The summed E-state index contributed by atoms with van der Waals surface area (Å²) in [6.45, 7) is 3.58. The zero-order valence-corrected chi connectivity index (χ0v) is 22.7. The minimum atomic E-state index is -2.96. The monoisotopic (exact) mass is 544 g/mol. The second-order valence-electron chi connectivity index (χ2n) is 9.60. The van der Waals surface area contributed by atoms with Crippen LogP contribution in [-0.4, -0.2) is 91.7 Å². The zero-order chi connectivity index (χ0) is 27.7. The number of hydrogen-bond donors (Lipinski definition) is 3. The topological polar surface area (TPSA) is 127 Å². The Kier molecular flexibility index (Phi) is 10.8. The fourth-order valence-electron chi connectivity index (χ4n) is 4.79. The van der Waals surface area contributed by atoms with Crippen molar-refractivity contribution in [3.8, 4) is 0 Å². The fraction of sp³-hybridized carbons (Fsp3) is 0.444. The first-order valence-corrected chi connectivity index (χ1v) is 13.8. The number of nitrogens with one attached hydrogen (secondary N) is 1. The number of rotatable bonds is 12. The predicted molar refractivity (Wildman–Crippen MR) is 146 cm³/mol.